The average molecular weight is 286 g/mol. The molecule has 0 spiro atoms. The molecule has 1 aliphatic heterocycles. The summed E-state index contributed by atoms with van der Waals surface area (Å²) in [5, 5.41) is 2.07. The van der Waals surface area contributed by atoms with Crippen molar-refractivity contribution in [1.82, 2.24) is 4.90 Å². The lowest BCUT2D eigenvalue weighted by atomic mass is 10.1. The highest BCUT2D eigenvalue weighted by atomic mass is 32.1. The number of nitrogens with two attached hydrogens (primary N) is 1. The first-order chi connectivity index (χ1) is 9.66. The van der Waals surface area contributed by atoms with Crippen molar-refractivity contribution in [1.29, 1.82) is 0 Å². The lowest BCUT2D eigenvalue weighted by Crippen LogP contribution is -2.30. The zero-order valence-corrected chi connectivity index (χ0v) is 12.3. The Morgan fingerprint density at radius 3 is 3.00 bits per heavy atom. The SMILES string of the molecule is Cc1ccc(N)c(C(=O)N2CCCC2c2cccs2)c1. The maximum atomic E-state index is 12.8. The van der Waals surface area contributed by atoms with E-state index in [-0.39, 0.29) is 11.9 Å². The van der Waals surface area contributed by atoms with Gasteiger partial charge in [0.15, 0.2) is 0 Å². The molecule has 2 heterocycles. The standard InChI is InChI=1S/C16H18N2OS/c1-11-6-7-13(17)12(10-11)16(19)18-8-2-4-14(18)15-5-3-9-20-15/h3,5-7,9-10,14H,2,4,8,17H2,1H3. The molecule has 1 aromatic carbocycles. The van der Waals surface area contributed by atoms with E-state index in [2.05, 4.69) is 11.4 Å². The number of nitrogens with zero attached hydrogens (tertiary/aromatic N) is 1. The van der Waals surface area contributed by atoms with E-state index < -0.39 is 0 Å². The highest BCUT2D eigenvalue weighted by Crippen LogP contribution is 2.36. The second-order valence-corrected chi connectivity index (χ2v) is 6.24. The first-order valence-electron chi connectivity index (χ1n) is 6.87. The van der Waals surface area contributed by atoms with Gasteiger partial charge in [-0.15, -0.1) is 11.3 Å². The van der Waals surface area contributed by atoms with E-state index >= 15 is 0 Å². The van der Waals surface area contributed by atoms with Crippen molar-refractivity contribution in [2.75, 3.05) is 12.3 Å². The molecule has 1 aromatic heterocycles. The van der Waals surface area contributed by atoms with Gasteiger partial charge < -0.3 is 10.6 Å². The molecule has 1 amide bonds. The molecule has 3 nitrogen and oxygen atoms in total. The fourth-order valence-corrected chi connectivity index (χ4v) is 3.67. The molecule has 2 N–H and O–H groups in total. The third kappa shape index (κ3) is 2.31. The number of anilines is 1. The second kappa shape index (κ2) is 5.29. The molecule has 1 unspecified atom stereocenters. The molecule has 20 heavy (non-hydrogen) atoms. The van der Waals surface area contributed by atoms with Gasteiger partial charge in [-0.2, -0.15) is 0 Å². The number of nitrogen functional groups attached to an aromatic ring is 1. The minimum absolute atomic E-state index is 0.0575. The maximum absolute atomic E-state index is 12.8. The van der Waals surface area contributed by atoms with Crippen molar-refractivity contribution in [3.63, 3.8) is 0 Å². The van der Waals surface area contributed by atoms with Crippen LogP contribution in [0.15, 0.2) is 35.7 Å². The van der Waals surface area contributed by atoms with E-state index in [0.29, 0.717) is 11.3 Å². The van der Waals surface area contributed by atoms with Gasteiger partial charge in [0.25, 0.3) is 5.91 Å². The fraction of sp³-hybridized carbons (Fsp3) is 0.312. The summed E-state index contributed by atoms with van der Waals surface area (Å²) >= 11 is 1.72. The van der Waals surface area contributed by atoms with Crippen LogP contribution in [0.2, 0.25) is 0 Å². The van der Waals surface area contributed by atoms with E-state index in [1.54, 1.807) is 11.3 Å². The third-order valence-corrected chi connectivity index (χ3v) is 4.80. The minimum Gasteiger partial charge on any atom is -0.398 e. The molecule has 2 aromatic rings. The van der Waals surface area contributed by atoms with Crippen LogP contribution in [0.1, 0.15) is 39.7 Å². The summed E-state index contributed by atoms with van der Waals surface area (Å²) in [6.07, 6.45) is 2.10. The zero-order chi connectivity index (χ0) is 14.1. The van der Waals surface area contributed by atoms with Crippen molar-refractivity contribution in [3.8, 4) is 0 Å². The Labute approximate surface area is 123 Å². The lowest BCUT2D eigenvalue weighted by molar-refractivity contribution is 0.0739. The summed E-state index contributed by atoms with van der Waals surface area (Å²) in [4.78, 5) is 16.0. The molecular weight excluding hydrogens is 268 g/mol. The van der Waals surface area contributed by atoms with Crippen molar-refractivity contribution >= 4 is 22.9 Å². The quantitative estimate of drug-likeness (QED) is 0.857. The van der Waals surface area contributed by atoms with Gasteiger partial charge in [-0.3, -0.25) is 4.79 Å². The molecule has 4 heteroatoms. The maximum Gasteiger partial charge on any atom is 0.256 e. The highest BCUT2D eigenvalue weighted by Gasteiger charge is 2.31. The van der Waals surface area contributed by atoms with E-state index in [0.717, 1.165) is 24.9 Å². The van der Waals surface area contributed by atoms with Crippen molar-refractivity contribution in [3.05, 3.63) is 51.7 Å². The number of hydrogen-bond acceptors (Lipinski definition) is 3. The van der Waals surface area contributed by atoms with Crippen LogP contribution >= 0.6 is 11.3 Å². The van der Waals surface area contributed by atoms with Gasteiger partial charge in [0.2, 0.25) is 0 Å². The summed E-state index contributed by atoms with van der Waals surface area (Å²) in [6.45, 7) is 2.80. The number of carbonyl (C=O) groups is 1. The number of likely N-dealkylation sites (tertiary alicyclic amines) is 1. The Kier molecular flexibility index (Phi) is 3.49. The average Bonchev–Trinajstić information content (AvgIpc) is 3.10. The minimum atomic E-state index is 0.0575. The predicted octanol–water partition coefficient (Wildman–Crippen LogP) is 3.62. The summed E-state index contributed by atoms with van der Waals surface area (Å²) in [5.41, 5.74) is 8.24. The van der Waals surface area contributed by atoms with Crippen LogP contribution in [0.25, 0.3) is 0 Å². The van der Waals surface area contributed by atoms with E-state index in [1.807, 2.05) is 36.1 Å². The smallest absolute Gasteiger partial charge is 0.256 e. The third-order valence-electron chi connectivity index (χ3n) is 3.82. The molecule has 0 aliphatic carbocycles. The topological polar surface area (TPSA) is 46.3 Å². The first kappa shape index (κ1) is 13.2. The van der Waals surface area contributed by atoms with Crippen LogP contribution in [0, 0.1) is 6.92 Å². The normalized spacial score (nSPS) is 18.4. The van der Waals surface area contributed by atoms with Crippen molar-refractivity contribution < 1.29 is 4.79 Å². The second-order valence-electron chi connectivity index (χ2n) is 5.26. The summed E-state index contributed by atoms with van der Waals surface area (Å²) in [6, 6.07) is 10.0. The van der Waals surface area contributed by atoms with Gasteiger partial charge in [-0.25, -0.2) is 0 Å². The Bertz CT molecular complexity index is 621. The number of amides is 1. The molecule has 1 fully saturated rings. The largest absolute Gasteiger partial charge is 0.398 e. The van der Waals surface area contributed by atoms with Crippen LogP contribution in [0.3, 0.4) is 0 Å². The number of rotatable bonds is 2. The molecule has 1 aliphatic rings. The van der Waals surface area contributed by atoms with Crippen LogP contribution in [-0.4, -0.2) is 17.4 Å². The molecule has 0 radical (unpaired) electrons. The van der Waals surface area contributed by atoms with Gasteiger partial charge in [0, 0.05) is 17.1 Å². The Morgan fingerprint density at radius 1 is 1.40 bits per heavy atom. The van der Waals surface area contributed by atoms with E-state index in [4.69, 9.17) is 5.73 Å². The molecule has 0 saturated carbocycles. The van der Waals surface area contributed by atoms with Crippen LogP contribution < -0.4 is 5.73 Å². The Hall–Kier alpha value is -1.81. The molecule has 104 valence electrons. The summed E-state index contributed by atoms with van der Waals surface area (Å²) < 4.78 is 0. The predicted molar refractivity (Wildman–Crippen MR) is 82.9 cm³/mol. The number of carbonyl (C=O) groups excluding carboxylic acids is 1. The molecule has 0 bridgehead atoms. The fourth-order valence-electron chi connectivity index (χ4n) is 2.80. The molecular formula is C16H18N2OS. The molecule has 1 saturated heterocycles. The van der Waals surface area contributed by atoms with Gasteiger partial charge in [-0.1, -0.05) is 17.7 Å². The van der Waals surface area contributed by atoms with Crippen molar-refractivity contribution in [2.24, 2.45) is 0 Å². The molecule has 1 atom stereocenters. The summed E-state index contributed by atoms with van der Waals surface area (Å²) in [7, 11) is 0. The lowest BCUT2D eigenvalue weighted by Gasteiger charge is -2.24. The summed E-state index contributed by atoms with van der Waals surface area (Å²) in [5.74, 6) is 0.0575. The van der Waals surface area contributed by atoms with E-state index in [9.17, 15) is 4.79 Å². The monoisotopic (exact) mass is 286 g/mol. The van der Waals surface area contributed by atoms with Gasteiger partial charge in [-0.05, 0) is 43.3 Å². The van der Waals surface area contributed by atoms with Gasteiger partial charge >= 0.3 is 0 Å². The Balaban J connectivity index is 1.91. The van der Waals surface area contributed by atoms with Crippen LogP contribution in [0.4, 0.5) is 5.69 Å². The van der Waals surface area contributed by atoms with Gasteiger partial charge in [0.1, 0.15) is 0 Å². The number of benzene rings is 1. The number of hydrogen-bond donors (Lipinski definition) is 1. The Morgan fingerprint density at radius 2 is 2.25 bits per heavy atom. The highest BCUT2D eigenvalue weighted by molar-refractivity contribution is 7.10. The van der Waals surface area contributed by atoms with Crippen LogP contribution in [0.5, 0.6) is 0 Å². The van der Waals surface area contributed by atoms with Crippen molar-refractivity contribution in [2.45, 2.75) is 25.8 Å². The van der Waals surface area contributed by atoms with Gasteiger partial charge in [0.05, 0.1) is 11.6 Å². The number of aryl methyl sites for hydroxylation is 1. The van der Waals surface area contributed by atoms with E-state index in [1.165, 1.54) is 4.88 Å². The number of thiophene rings is 1. The zero-order valence-electron chi connectivity index (χ0n) is 11.5. The first-order valence-corrected chi connectivity index (χ1v) is 7.75. The molecule has 3 rings (SSSR count). The van der Waals surface area contributed by atoms with Crippen LogP contribution in [-0.2, 0) is 0 Å².